The third kappa shape index (κ3) is 3.54. The molecule has 5 rings (SSSR count). The van der Waals surface area contributed by atoms with Crippen molar-refractivity contribution in [3.63, 3.8) is 0 Å². The van der Waals surface area contributed by atoms with Crippen LogP contribution >= 0.6 is 0 Å². The van der Waals surface area contributed by atoms with E-state index in [-0.39, 0.29) is 5.54 Å². The molecule has 0 amide bonds. The van der Waals surface area contributed by atoms with Gasteiger partial charge < -0.3 is 14.2 Å². The van der Waals surface area contributed by atoms with E-state index in [1.807, 2.05) is 27.7 Å². The van der Waals surface area contributed by atoms with Crippen molar-refractivity contribution < 1.29 is 9.26 Å². The maximum absolute atomic E-state index is 5.82. The lowest BCUT2D eigenvalue weighted by Gasteiger charge is -2.22. The van der Waals surface area contributed by atoms with Crippen LogP contribution in [-0.4, -0.2) is 37.0 Å². The first-order chi connectivity index (χ1) is 16.1. The van der Waals surface area contributed by atoms with Gasteiger partial charge >= 0.3 is 0 Å². The van der Waals surface area contributed by atoms with Crippen molar-refractivity contribution in [3.05, 3.63) is 52.6 Å². The van der Waals surface area contributed by atoms with Crippen LogP contribution < -0.4 is 4.74 Å². The van der Waals surface area contributed by atoms with Crippen LogP contribution in [0.3, 0.4) is 0 Å². The van der Waals surface area contributed by atoms with Crippen LogP contribution in [0.5, 0.6) is 5.75 Å². The molecule has 0 atom stereocenters. The van der Waals surface area contributed by atoms with E-state index in [0.29, 0.717) is 6.42 Å². The van der Waals surface area contributed by atoms with Crippen LogP contribution in [0, 0.1) is 27.7 Å². The van der Waals surface area contributed by atoms with Crippen LogP contribution in [0.1, 0.15) is 55.1 Å². The number of hydrogen-bond acceptors (Lipinski definition) is 6. The number of aryl methyl sites for hydroxylation is 4. The monoisotopic (exact) mass is 458 g/mol. The lowest BCUT2D eigenvalue weighted by molar-refractivity contribution is 0.344. The number of aromatic nitrogens is 6. The fourth-order valence-corrected chi connectivity index (χ4v) is 4.81. The summed E-state index contributed by atoms with van der Waals surface area (Å²) in [6, 6.07) is 6.29. The summed E-state index contributed by atoms with van der Waals surface area (Å²) in [4.78, 5) is 13.1. The second-order valence-corrected chi connectivity index (χ2v) is 9.90. The minimum absolute atomic E-state index is 0.128. The minimum atomic E-state index is -0.128. The zero-order chi connectivity index (χ0) is 24.4. The Hall–Kier alpha value is -3.68. The van der Waals surface area contributed by atoms with Gasteiger partial charge in [0.1, 0.15) is 23.0 Å². The van der Waals surface area contributed by atoms with E-state index in [2.05, 4.69) is 53.8 Å². The van der Waals surface area contributed by atoms with E-state index in [1.165, 1.54) is 0 Å². The molecule has 0 aliphatic heterocycles. The van der Waals surface area contributed by atoms with Gasteiger partial charge in [0.2, 0.25) is 0 Å². The lowest BCUT2D eigenvalue weighted by Crippen LogP contribution is -2.25. The van der Waals surface area contributed by atoms with E-state index in [9.17, 15) is 0 Å². The molecule has 0 fully saturated rings. The average molecular weight is 459 g/mol. The SMILES string of the molecule is COc1cc2c(cc1-c1c(C)noc1C)[nH]c1nc(C)nc(Cc3cc(C)nn3C(C)(C)C)c12. The van der Waals surface area contributed by atoms with Gasteiger partial charge in [0.05, 0.1) is 35.3 Å². The smallest absolute Gasteiger partial charge is 0.142 e. The Morgan fingerprint density at radius 1 is 1.06 bits per heavy atom. The molecule has 5 aromatic rings. The van der Waals surface area contributed by atoms with Crippen LogP contribution in [0.25, 0.3) is 33.1 Å². The van der Waals surface area contributed by atoms with Gasteiger partial charge in [-0.25, -0.2) is 9.97 Å². The van der Waals surface area contributed by atoms with Crippen molar-refractivity contribution >= 4 is 21.9 Å². The standard InChI is InChI=1S/C26H30N6O2/c1-13-9-17(32(30-13)26(5,6)7)10-21-24-18-12-22(33-8)19(23-14(2)31-34-15(23)3)11-20(18)29-25(24)28-16(4)27-21/h9,11-12H,10H2,1-8H3,(H,27,28,29). The number of benzene rings is 1. The summed E-state index contributed by atoms with van der Waals surface area (Å²) in [5.41, 5.74) is 7.45. The molecule has 1 aromatic carbocycles. The number of aromatic amines is 1. The Kier molecular flexibility index (Phi) is 5.00. The van der Waals surface area contributed by atoms with Crippen LogP contribution in [0.4, 0.5) is 0 Å². The minimum Gasteiger partial charge on any atom is -0.496 e. The summed E-state index contributed by atoms with van der Waals surface area (Å²) < 4.78 is 13.3. The molecule has 0 spiro atoms. The first-order valence-electron chi connectivity index (χ1n) is 11.4. The molecule has 0 saturated carbocycles. The van der Waals surface area contributed by atoms with E-state index in [0.717, 1.165) is 73.2 Å². The Bertz CT molecular complexity index is 1530. The number of methoxy groups -OCH3 is 1. The molecule has 0 unspecified atom stereocenters. The molecular weight excluding hydrogens is 428 g/mol. The highest BCUT2D eigenvalue weighted by atomic mass is 16.5. The van der Waals surface area contributed by atoms with Gasteiger partial charge in [-0.15, -0.1) is 0 Å². The van der Waals surface area contributed by atoms with Gasteiger partial charge in [-0.1, -0.05) is 5.16 Å². The second-order valence-electron chi connectivity index (χ2n) is 9.90. The maximum Gasteiger partial charge on any atom is 0.142 e. The van der Waals surface area contributed by atoms with E-state index < -0.39 is 0 Å². The highest BCUT2D eigenvalue weighted by Crippen LogP contribution is 2.40. The van der Waals surface area contributed by atoms with Gasteiger partial charge in [-0.05, 0) is 66.7 Å². The Labute approximate surface area is 198 Å². The lowest BCUT2D eigenvalue weighted by atomic mass is 10.00. The zero-order valence-electron chi connectivity index (χ0n) is 21.0. The molecule has 34 heavy (non-hydrogen) atoms. The van der Waals surface area contributed by atoms with Crippen molar-refractivity contribution in [2.45, 2.75) is 60.4 Å². The van der Waals surface area contributed by atoms with Crippen LogP contribution in [-0.2, 0) is 12.0 Å². The van der Waals surface area contributed by atoms with Crippen molar-refractivity contribution in [2.24, 2.45) is 0 Å². The van der Waals surface area contributed by atoms with Crippen molar-refractivity contribution in [2.75, 3.05) is 7.11 Å². The number of hydrogen-bond donors (Lipinski definition) is 1. The number of rotatable bonds is 4. The number of H-pyrrole nitrogens is 1. The molecule has 8 nitrogen and oxygen atoms in total. The van der Waals surface area contributed by atoms with E-state index >= 15 is 0 Å². The molecular formula is C26H30N6O2. The highest BCUT2D eigenvalue weighted by molar-refractivity contribution is 6.09. The summed E-state index contributed by atoms with van der Waals surface area (Å²) in [6.45, 7) is 14.3. The number of nitrogens with zero attached hydrogens (tertiary/aromatic N) is 5. The largest absolute Gasteiger partial charge is 0.496 e. The normalized spacial score (nSPS) is 12.2. The van der Waals surface area contributed by atoms with Crippen molar-refractivity contribution in [1.29, 1.82) is 0 Å². The van der Waals surface area contributed by atoms with Gasteiger partial charge in [0, 0.05) is 34.0 Å². The van der Waals surface area contributed by atoms with Gasteiger partial charge in [0.15, 0.2) is 0 Å². The van der Waals surface area contributed by atoms with Crippen LogP contribution in [0.2, 0.25) is 0 Å². The van der Waals surface area contributed by atoms with Crippen molar-refractivity contribution in [1.82, 2.24) is 29.9 Å². The number of fused-ring (bicyclic) bond motifs is 3. The average Bonchev–Trinajstić information content (AvgIpc) is 3.40. The molecule has 176 valence electrons. The first kappa shape index (κ1) is 22.1. The fourth-order valence-electron chi connectivity index (χ4n) is 4.81. The molecule has 0 saturated heterocycles. The Morgan fingerprint density at radius 2 is 1.82 bits per heavy atom. The summed E-state index contributed by atoms with van der Waals surface area (Å²) in [7, 11) is 1.68. The molecule has 0 aliphatic rings. The summed E-state index contributed by atoms with van der Waals surface area (Å²) in [5, 5.41) is 10.9. The molecule has 0 radical (unpaired) electrons. The summed E-state index contributed by atoms with van der Waals surface area (Å²) >= 11 is 0. The maximum atomic E-state index is 5.82. The predicted octanol–water partition coefficient (Wildman–Crippen LogP) is 5.55. The summed E-state index contributed by atoms with van der Waals surface area (Å²) in [6.07, 6.45) is 0.652. The molecule has 4 heterocycles. The summed E-state index contributed by atoms with van der Waals surface area (Å²) in [5.74, 6) is 2.24. The van der Waals surface area contributed by atoms with E-state index in [1.54, 1.807) is 7.11 Å². The fraction of sp³-hybridized carbons (Fsp3) is 0.385. The topological polar surface area (TPSA) is 94.7 Å². The third-order valence-corrected chi connectivity index (χ3v) is 6.15. The molecule has 1 N–H and O–H groups in total. The molecule has 8 heteroatoms. The Balaban J connectivity index is 1.75. The number of nitrogens with one attached hydrogen (secondary N) is 1. The first-order valence-corrected chi connectivity index (χ1v) is 11.4. The molecule has 0 bridgehead atoms. The second kappa shape index (κ2) is 7.68. The molecule has 0 aliphatic carbocycles. The number of ether oxygens (including phenoxy) is 1. The van der Waals surface area contributed by atoms with Gasteiger partial charge in [-0.3, -0.25) is 4.68 Å². The van der Waals surface area contributed by atoms with Gasteiger partial charge in [-0.2, -0.15) is 5.10 Å². The highest BCUT2D eigenvalue weighted by Gasteiger charge is 2.23. The quantitative estimate of drug-likeness (QED) is 0.379. The third-order valence-electron chi connectivity index (χ3n) is 6.15. The predicted molar refractivity (Wildman–Crippen MR) is 132 cm³/mol. The van der Waals surface area contributed by atoms with Crippen molar-refractivity contribution in [3.8, 4) is 16.9 Å². The molecule has 4 aromatic heterocycles. The zero-order valence-corrected chi connectivity index (χ0v) is 21.0. The van der Waals surface area contributed by atoms with Gasteiger partial charge in [0.25, 0.3) is 0 Å². The van der Waals surface area contributed by atoms with Crippen LogP contribution in [0.15, 0.2) is 22.7 Å². The Morgan fingerprint density at radius 3 is 2.47 bits per heavy atom. The van der Waals surface area contributed by atoms with E-state index in [4.69, 9.17) is 24.3 Å².